The van der Waals surface area contributed by atoms with Gasteiger partial charge in [0.25, 0.3) is 12.3 Å². The molecule has 43 heavy (non-hydrogen) atoms. The number of hydrogen-bond acceptors (Lipinski definition) is 5. The molecule has 2 N–H and O–H groups in total. The van der Waals surface area contributed by atoms with Crippen LogP contribution in [0.4, 0.5) is 32.0 Å². The summed E-state index contributed by atoms with van der Waals surface area (Å²) in [5.41, 5.74) is 1.03. The number of nitrogens with zero attached hydrogens (tertiary/aromatic N) is 3. The van der Waals surface area contributed by atoms with Crippen LogP contribution in [-0.2, 0) is 30.1 Å². The quantitative estimate of drug-likeness (QED) is 0.145. The molecule has 0 saturated carbocycles. The molecule has 0 saturated heterocycles. The third-order valence-electron chi connectivity index (χ3n) is 7.31. The van der Waals surface area contributed by atoms with E-state index < -0.39 is 59.8 Å². The van der Waals surface area contributed by atoms with Gasteiger partial charge in [-0.15, -0.1) is 0 Å². The van der Waals surface area contributed by atoms with Crippen molar-refractivity contribution in [3.8, 4) is 11.1 Å². The predicted molar refractivity (Wildman–Crippen MR) is 152 cm³/mol. The third-order valence-corrected chi connectivity index (χ3v) is 7.75. The first-order valence-corrected chi connectivity index (χ1v) is 14.5. The summed E-state index contributed by atoms with van der Waals surface area (Å²) in [6.07, 6.45) is -0.124. The minimum atomic E-state index is -3.46. The number of nitrogens with one attached hydrogen (secondary N) is 2. The standard InChI is InChI=1S/C30H27F6N5OS/c1-16-10-23-27(29(33)34)39-41(28(23)30(16,35)36)15-25(42)38-24(13-17-11-19(31)14-20(32)12-17)26-22(4-3-9-37-26)18-5-7-21(8-6-18)40-43-2/h3-9,11-12,14,16,24,29,40H,10,13,15H2,1-2H3,(H,38,42). The number of aromatic nitrogens is 3. The maximum atomic E-state index is 15.0. The summed E-state index contributed by atoms with van der Waals surface area (Å²) < 4.78 is 89.2. The molecule has 2 atom stereocenters. The number of hydrogen-bond donors (Lipinski definition) is 2. The van der Waals surface area contributed by atoms with Crippen LogP contribution < -0.4 is 10.0 Å². The van der Waals surface area contributed by atoms with Gasteiger partial charge in [0.2, 0.25) is 5.91 Å². The lowest BCUT2D eigenvalue weighted by Gasteiger charge is -2.22. The highest BCUT2D eigenvalue weighted by atomic mass is 32.2. The number of halogens is 6. The van der Waals surface area contributed by atoms with Crippen LogP contribution in [0.3, 0.4) is 0 Å². The summed E-state index contributed by atoms with van der Waals surface area (Å²) >= 11 is 1.42. The molecule has 1 amide bonds. The van der Waals surface area contributed by atoms with Crippen LogP contribution in [0.15, 0.2) is 60.8 Å². The van der Waals surface area contributed by atoms with Crippen molar-refractivity contribution in [2.45, 2.75) is 44.7 Å². The Morgan fingerprint density at radius 1 is 1.09 bits per heavy atom. The summed E-state index contributed by atoms with van der Waals surface area (Å²) in [5.74, 6) is -7.15. The Bertz CT molecular complexity index is 1610. The Hall–Kier alpha value is -4.00. The fraction of sp³-hybridized carbons (Fsp3) is 0.300. The molecule has 0 bridgehead atoms. The van der Waals surface area contributed by atoms with Crippen LogP contribution in [0.5, 0.6) is 0 Å². The number of rotatable bonds is 10. The first kappa shape index (κ1) is 30.5. The Balaban J connectivity index is 1.50. The fourth-order valence-electron chi connectivity index (χ4n) is 5.38. The molecule has 4 aromatic rings. The second-order valence-corrected chi connectivity index (χ2v) is 10.9. The van der Waals surface area contributed by atoms with E-state index in [-0.39, 0.29) is 24.0 Å². The molecular weight excluding hydrogens is 592 g/mol. The Morgan fingerprint density at radius 2 is 1.79 bits per heavy atom. The molecule has 6 nitrogen and oxygen atoms in total. The van der Waals surface area contributed by atoms with E-state index in [0.29, 0.717) is 22.0 Å². The topological polar surface area (TPSA) is 71.8 Å². The van der Waals surface area contributed by atoms with Crippen LogP contribution >= 0.6 is 11.9 Å². The molecule has 1 aliphatic rings. The molecule has 13 heteroatoms. The predicted octanol–water partition coefficient (Wildman–Crippen LogP) is 7.24. The molecule has 0 radical (unpaired) electrons. The lowest BCUT2D eigenvalue weighted by atomic mass is 9.95. The maximum Gasteiger partial charge on any atom is 0.292 e. The van der Waals surface area contributed by atoms with Gasteiger partial charge in [-0.1, -0.05) is 37.1 Å². The van der Waals surface area contributed by atoms with Crippen LogP contribution in [-0.4, -0.2) is 26.9 Å². The molecule has 0 fully saturated rings. The molecule has 226 valence electrons. The summed E-state index contributed by atoms with van der Waals surface area (Å²) in [6.45, 7) is 0.475. The molecule has 2 aromatic carbocycles. The fourth-order valence-corrected chi connectivity index (χ4v) is 5.75. The van der Waals surface area contributed by atoms with Gasteiger partial charge in [-0.2, -0.15) is 13.9 Å². The van der Waals surface area contributed by atoms with Crippen molar-refractivity contribution >= 4 is 23.5 Å². The average Bonchev–Trinajstić information content (AvgIpc) is 3.42. The maximum absolute atomic E-state index is 15.0. The van der Waals surface area contributed by atoms with Crippen molar-refractivity contribution in [3.63, 3.8) is 0 Å². The smallest absolute Gasteiger partial charge is 0.292 e. The zero-order chi connectivity index (χ0) is 30.9. The zero-order valence-electron chi connectivity index (χ0n) is 23.1. The van der Waals surface area contributed by atoms with Gasteiger partial charge >= 0.3 is 0 Å². The van der Waals surface area contributed by atoms with Gasteiger partial charge < -0.3 is 10.0 Å². The van der Waals surface area contributed by atoms with Crippen LogP contribution in [0, 0.1) is 17.6 Å². The van der Waals surface area contributed by atoms with Gasteiger partial charge in [0, 0.05) is 41.3 Å². The Labute approximate surface area is 248 Å². The number of anilines is 1. The Morgan fingerprint density at radius 3 is 2.44 bits per heavy atom. The van der Waals surface area contributed by atoms with E-state index in [2.05, 4.69) is 20.1 Å². The number of carbonyl (C=O) groups excluding carboxylic acids is 1. The van der Waals surface area contributed by atoms with Crippen molar-refractivity contribution in [3.05, 3.63) is 101 Å². The zero-order valence-corrected chi connectivity index (χ0v) is 23.9. The lowest BCUT2D eigenvalue weighted by Crippen LogP contribution is -2.35. The molecule has 2 heterocycles. The van der Waals surface area contributed by atoms with E-state index in [0.717, 1.165) is 23.4 Å². The number of fused-ring (bicyclic) bond motifs is 1. The van der Waals surface area contributed by atoms with Crippen LogP contribution in [0.25, 0.3) is 11.1 Å². The van der Waals surface area contributed by atoms with Crippen LogP contribution in [0.2, 0.25) is 0 Å². The monoisotopic (exact) mass is 619 g/mol. The summed E-state index contributed by atoms with van der Waals surface area (Å²) in [5, 5.41) is 6.40. The van der Waals surface area contributed by atoms with Crippen molar-refractivity contribution in [2.24, 2.45) is 5.92 Å². The number of alkyl halides is 4. The minimum Gasteiger partial charge on any atom is -0.346 e. The lowest BCUT2D eigenvalue weighted by molar-refractivity contribution is -0.123. The number of benzene rings is 2. The van der Waals surface area contributed by atoms with E-state index in [1.165, 1.54) is 25.1 Å². The number of pyridine rings is 1. The number of amides is 1. The molecule has 1 aliphatic carbocycles. The van der Waals surface area contributed by atoms with Gasteiger partial charge in [0.15, 0.2) is 0 Å². The van der Waals surface area contributed by atoms with Gasteiger partial charge in [-0.05, 0) is 54.3 Å². The average molecular weight is 620 g/mol. The molecule has 0 spiro atoms. The van der Waals surface area contributed by atoms with E-state index in [9.17, 15) is 22.4 Å². The van der Waals surface area contributed by atoms with E-state index in [1.807, 2.05) is 30.5 Å². The second kappa shape index (κ2) is 12.3. The molecule has 0 aliphatic heterocycles. The highest BCUT2D eigenvalue weighted by Gasteiger charge is 2.51. The first-order valence-electron chi connectivity index (χ1n) is 13.3. The van der Waals surface area contributed by atoms with Gasteiger partial charge in [-0.3, -0.25) is 14.5 Å². The van der Waals surface area contributed by atoms with Crippen molar-refractivity contribution in [2.75, 3.05) is 11.0 Å². The number of carbonyl (C=O) groups is 1. The minimum absolute atomic E-state index is 0.108. The van der Waals surface area contributed by atoms with Crippen molar-refractivity contribution < 1.29 is 31.1 Å². The van der Waals surface area contributed by atoms with E-state index in [4.69, 9.17) is 0 Å². The Kier molecular flexibility index (Phi) is 8.72. The van der Waals surface area contributed by atoms with Crippen molar-refractivity contribution in [1.29, 1.82) is 0 Å². The van der Waals surface area contributed by atoms with Crippen LogP contribution in [0.1, 0.15) is 47.6 Å². The van der Waals surface area contributed by atoms with Gasteiger partial charge in [0.1, 0.15) is 29.6 Å². The molecule has 2 aromatic heterocycles. The molecule has 5 rings (SSSR count). The summed E-state index contributed by atoms with van der Waals surface area (Å²) in [4.78, 5) is 17.8. The summed E-state index contributed by atoms with van der Waals surface area (Å²) in [7, 11) is 0. The van der Waals surface area contributed by atoms with Gasteiger partial charge in [0.05, 0.1) is 11.7 Å². The highest BCUT2D eigenvalue weighted by molar-refractivity contribution is 7.99. The highest BCUT2D eigenvalue weighted by Crippen LogP contribution is 2.48. The largest absolute Gasteiger partial charge is 0.346 e. The summed E-state index contributed by atoms with van der Waals surface area (Å²) in [6, 6.07) is 12.8. The van der Waals surface area contributed by atoms with Gasteiger partial charge in [-0.25, -0.2) is 17.6 Å². The van der Waals surface area contributed by atoms with Crippen molar-refractivity contribution in [1.82, 2.24) is 20.1 Å². The SMILES string of the molecule is CSNc1ccc(-c2cccnc2C(Cc2cc(F)cc(F)c2)NC(=O)Cn2nc(C(F)F)c3c2C(F)(F)C(C)C3)cc1. The third kappa shape index (κ3) is 6.36. The normalized spacial score (nSPS) is 16.3. The molecular formula is C30H27F6N5OS. The van der Waals surface area contributed by atoms with E-state index in [1.54, 1.807) is 12.1 Å². The first-order chi connectivity index (χ1) is 20.5. The van der Waals surface area contributed by atoms with E-state index >= 15 is 8.78 Å². The molecule has 2 unspecified atom stereocenters. The second-order valence-electron chi connectivity index (χ2n) is 10.3.